The van der Waals surface area contributed by atoms with E-state index in [1.165, 1.54) is 37.3 Å². The van der Waals surface area contributed by atoms with Gasteiger partial charge in [-0.25, -0.2) is 17.9 Å². The molecule has 27 heavy (non-hydrogen) atoms. The number of amides is 1. The van der Waals surface area contributed by atoms with Crippen molar-refractivity contribution < 1.29 is 27.1 Å². The fourth-order valence-corrected chi connectivity index (χ4v) is 2.73. The molecule has 0 saturated heterocycles. The summed E-state index contributed by atoms with van der Waals surface area (Å²) in [6, 6.07) is 11.3. The Morgan fingerprint density at radius 2 is 1.78 bits per heavy atom. The summed E-state index contributed by atoms with van der Waals surface area (Å²) in [6.45, 7) is 1.40. The Morgan fingerprint density at radius 3 is 2.37 bits per heavy atom. The van der Waals surface area contributed by atoms with E-state index in [4.69, 9.17) is 9.88 Å². The molecule has 0 bridgehead atoms. The molecule has 0 saturated carbocycles. The van der Waals surface area contributed by atoms with Gasteiger partial charge >= 0.3 is 5.97 Å². The smallest absolute Gasteiger partial charge is 0.306 e. The molecule has 2 rings (SSSR count). The van der Waals surface area contributed by atoms with Crippen molar-refractivity contribution in [1.29, 1.82) is 0 Å². The van der Waals surface area contributed by atoms with Crippen LogP contribution in [0.1, 0.15) is 18.9 Å². The van der Waals surface area contributed by atoms with E-state index in [2.05, 4.69) is 5.32 Å². The molecule has 144 valence electrons. The van der Waals surface area contributed by atoms with Gasteiger partial charge in [0.05, 0.1) is 4.90 Å². The molecule has 0 aliphatic heterocycles. The van der Waals surface area contributed by atoms with Gasteiger partial charge in [-0.2, -0.15) is 0 Å². The van der Waals surface area contributed by atoms with E-state index in [0.717, 1.165) is 0 Å². The SMILES string of the molecule is CC(OC(=O)CCc1ccccc1F)C(=O)Nc1ccc(S(N)(=O)=O)cc1. The number of anilines is 1. The summed E-state index contributed by atoms with van der Waals surface area (Å²) in [6.07, 6.45) is -0.979. The Bertz CT molecular complexity index is 929. The molecule has 0 radical (unpaired) electrons. The van der Waals surface area contributed by atoms with Crippen molar-refractivity contribution >= 4 is 27.6 Å². The summed E-state index contributed by atoms with van der Waals surface area (Å²) in [5.74, 6) is -1.62. The molecule has 0 heterocycles. The average Bonchev–Trinajstić information content (AvgIpc) is 2.60. The van der Waals surface area contributed by atoms with Gasteiger partial charge in [-0.1, -0.05) is 18.2 Å². The van der Waals surface area contributed by atoms with Crippen molar-refractivity contribution in [2.24, 2.45) is 5.14 Å². The fourth-order valence-electron chi connectivity index (χ4n) is 2.22. The molecule has 0 aromatic heterocycles. The molecular formula is C18H19FN2O5S. The zero-order valence-corrected chi connectivity index (χ0v) is 15.3. The number of nitrogens with one attached hydrogen (secondary N) is 1. The highest BCUT2D eigenvalue weighted by Crippen LogP contribution is 2.14. The van der Waals surface area contributed by atoms with Gasteiger partial charge in [-0.05, 0) is 49.2 Å². The van der Waals surface area contributed by atoms with Crippen LogP contribution in [0.2, 0.25) is 0 Å². The predicted octanol–water partition coefficient (Wildman–Crippen LogP) is 1.98. The summed E-state index contributed by atoms with van der Waals surface area (Å²) in [4.78, 5) is 23.8. The molecule has 0 spiro atoms. The first kappa shape index (κ1) is 20.5. The van der Waals surface area contributed by atoms with E-state index in [1.807, 2.05) is 0 Å². The van der Waals surface area contributed by atoms with Crippen molar-refractivity contribution in [2.75, 3.05) is 5.32 Å². The molecule has 0 fully saturated rings. The zero-order chi connectivity index (χ0) is 20.0. The number of primary sulfonamides is 1. The summed E-state index contributed by atoms with van der Waals surface area (Å²) >= 11 is 0. The Morgan fingerprint density at radius 1 is 1.15 bits per heavy atom. The standard InChI is InChI=1S/C18H19FN2O5S/c1-12(26-17(22)11-6-13-4-2-3-5-16(13)19)18(23)21-14-7-9-15(10-8-14)27(20,24)25/h2-5,7-10,12H,6,11H2,1H3,(H,21,23)(H2,20,24,25). The lowest BCUT2D eigenvalue weighted by Crippen LogP contribution is -2.30. The quantitative estimate of drug-likeness (QED) is 0.697. The number of hydrogen-bond acceptors (Lipinski definition) is 5. The van der Waals surface area contributed by atoms with Crippen LogP contribution in [0.4, 0.5) is 10.1 Å². The molecule has 1 amide bonds. The third-order valence-corrected chi connectivity index (χ3v) is 4.61. The predicted molar refractivity (Wildman–Crippen MR) is 96.7 cm³/mol. The summed E-state index contributed by atoms with van der Waals surface area (Å²) in [5.41, 5.74) is 0.711. The second-order valence-corrected chi connectivity index (χ2v) is 7.34. The van der Waals surface area contributed by atoms with Crippen molar-refractivity contribution in [2.45, 2.75) is 30.8 Å². The largest absolute Gasteiger partial charge is 0.453 e. The van der Waals surface area contributed by atoms with Crippen molar-refractivity contribution in [1.82, 2.24) is 0 Å². The van der Waals surface area contributed by atoms with Gasteiger partial charge in [-0.15, -0.1) is 0 Å². The van der Waals surface area contributed by atoms with Crippen LogP contribution < -0.4 is 10.5 Å². The van der Waals surface area contributed by atoms with Crippen LogP contribution in [0.25, 0.3) is 0 Å². The molecule has 7 nitrogen and oxygen atoms in total. The second kappa shape index (κ2) is 8.74. The maximum absolute atomic E-state index is 13.5. The van der Waals surface area contributed by atoms with E-state index in [1.54, 1.807) is 18.2 Å². The van der Waals surface area contributed by atoms with Crippen LogP contribution >= 0.6 is 0 Å². The van der Waals surface area contributed by atoms with Crippen LogP contribution in [0.15, 0.2) is 53.4 Å². The Kier molecular flexibility index (Phi) is 6.65. The Balaban J connectivity index is 1.86. The zero-order valence-electron chi connectivity index (χ0n) is 14.5. The number of benzene rings is 2. The molecule has 2 aromatic carbocycles. The van der Waals surface area contributed by atoms with Crippen LogP contribution in [-0.2, 0) is 30.8 Å². The maximum Gasteiger partial charge on any atom is 0.306 e. The highest BCUT2D eigenvalue weighted by molar-refractivity contribution is 7.89. The molecular weight excluding hydrogens is 375 g/mol. The van der Waals surface area contributed by atoms with E-state index in [9.17, 15) is 22.4 Å². The minimum absolute atomic E-state index is 0.0678. The molecule has 9 heteroatoms. The monoisotopic (exact) mass is 394 g/mol. The summed E-state index contributed by atoms with van der Waals surface area (Å²) in [7, 11) is -3.82. The highest BCUT2D eigenvalue weighted by Gasteiger charge is 2.18. The van der Waals surface area contributed by atoms with Crippen molar-refractivity contribution in [3.05, 3.63) is 59.9 Å². The number of carbonyl (C=O) groups is 2. The number of aryl methyl sites for hydroxylation is 1. The Labute approximate surface area is 156 Å². The third kappa shape index (κ3) is 6.15. The molecule has 0 aliphatic rings. The van der Waals surface area contributed by atoms with Crippen molar-refractivity contribution in [3.8, 4) is 0 Å². The summed E-state index contributed by atoms with van der Waals surface area (Å²) in [5, 5.41) is 7.49. The van der Waals surface area contributed by atoms with Gasteiger partial charge < -0.3 is 10.1 Å². The van der Waals surface area contributed by atoms with E-state index in [-0.39, 0.29) is 17.7 Å². The average molecular weight is 394 g/mol. The second-order valence-electron chi connectivity index (χ2n) is 5.78. The van der Waals surface area contributed by atoms with Crippen LogP contribution in [0.3, 0.4) is 0 Å². The molecule has 1 atom stereocenters. The minimum Gasteiger partial charge on any atom is -0.453 e. The van der Waals surface area contributed by atoms with Gasteiger partial charge in [0.15, 0.2) is 6.10 Å². The number of carbonyl (C=O) groups excluding carboxylic acids is 2. The number of sulfonamides is 1. The third-order valence-electron chi connectivity index (χ3n) is 3.68. The van der Waals surface area contributed by atoms with Crippen LogP contribution in [-0.4, -0.2) is 26.4 Å². The van der Waals surface area contributed by atoms with E-state index in [0.29, 0.717) is 11.3 Å². The van der Waals surface area contributed by atoms with Crippen LogP contribution in [0.5, 0.6) is 0 Å². The number of halogens is 1. The first-order valence-electron chi connectivity index (χ1n) is 8.03. The van der Waals surface area contributed by atoms with Gasteiger partial charge in [0, 0.05) is 12.1 Å². The number of ether oxygens (including phenoxy) is 1. The van der Waals surface area contributed by atoms with E-state index >= 15 is 0 Å². The van der Waals surface area contributed by atoms with Gasteiger partial charge in [0.2, 0.25) is 10.0 Å². The summed E-state index contributed by atoms with van der Waals surface area (Å²) < 4.78 is 40.9. The minimum atomic E-state index is -3.82. The fraction of sp³-hybridized carbons (Fsp3) is 0.222. The maximum atomic E-state index is 13.5. The van der Waals surface area contributed by atoms with Crippen LogP contribution in [0, 0.1) is 5.82 Å². The molecule has 1 unspecified atom stereocenters. The Hall–Kier alpha value is -2.78. The first-order valence-corrected chi connectivity index (χ1v) is 9.58. The molecule has 0 aliphatic carbocycles. The van der Waals surface area contributed by atoms with Gasteiger partial charge in [-0.3, -0.25) is 9.59 Å². The number of hydrogen-bond donors (Lipinski definition) is 2. The lowest BCUT2D eigenvalue weighted by molar-refractivity contribution is -0.153. The lowest BCUT2D eigenvalue weighted by atomic mass is 10.1. The molecule has 2 aromatic rings. The molecule has 3 N–H and O–H groups in total. The van der Waals surface area contributed by atoms with Gasteiger partial charge in [0.25, 0.3) is 5.91 Å². The number of nitrogens with two attached hydrogens (primary N) is 1. The van der Waals surface area contributed by atoms with E-state index < -0.39 is 33.8 Å². The lowest BCUT2D eigenvalue weighted by Gasteiger charge is -2.14. The number of esters is 1. The van der Waals surface area contributed by atoms with Crippen molar-refractivity contribution in [3.63, 3.8) is 0 Å². The van der Waals surface area contributed by atoms with Gasteiger partial charge in [0.1, 0.15) is 5.82 Å². The normalized spacial score (nSPS) is 12.3. The topological polar surface area (TPSA) is 116 Å². The number of rotatable bonds is 7. The highest BCUT2D eigenvalue weighted by atomic mass is 32.2. The first-order chi connectivity index (χ1) is 12.7.